The fourth-order valence-electron chi connectivity index (χ4n) is 3.69. The van der Waals surface area contributed by atoms with Gasteiger partial charge in [-0.25, -0.2) is 13.8 Å². The summed E-state index contributed by atoms with van der Waals surface area (Å²) in [7, 11) is 1.35. The van der Waals surface area contributed by atoms with Crippen LogP contribution in [0, 0.1) is 11.6 Å². The molecule has 3 aromatic rings. The maximum absolute atomic E-state index is 13.5. The van der Waals surface area contributed by atoms with Crippen LogP contribution in [0.1, 0.15) is 41.4 Å². The van der Waals surface area contributed by atoms with E-state index < -0.39 is 54.8 Å². The first-order valence-electron chi connectivity index (χ1n) is 11.5. The first-order valence-corrected chi connectivity index (χ1v) is 11.5. The Kier molecular flexibility index (Phi) is 9.69. The highest BCUT2D eigenvalue weighted by atomic mass is 19.1. The smallest absolute Gasteiger partial charge is 0.325 e. The molecule has 0 fully saturated rings. The van der Waals surface area contributed by atoms with E-state index in [1.165, 1.54) is 50.6 Å². The monoisotopic (exact) mass is 528 g/mol. The summed E-state index contributed by atoms with van der Waals surface area (Å²) in [6, 6.07) is 12.8. The zero-order chi connectivity index (χ0) is 27.7. The van der Waals surface area contributed by atoms with Crippen LogP contribution in [0.2, 0.25) is 0 Å². The number of carbonyl (C=O) groups excluding carboxylic acids is 3. The fraction of sp³-hybridized carbons (Fsp3) is 0.259. The van der Waals surface area contributed by atoms with Crippen LogP contribution in [0.25, 0.3) is 0 Å². The first kappa shape index (κ1) is 28.0. The average Bonchev–Trinajstić information content (AvgIpc) is 2.89. The lowest BCUT2D eigenvalue weighted by atomic mass is 9.87. The van der Waals surface area contributed by atoms with E-state index in [1.807, 2.05) is 0 Å². The molecule has 38 heavy (non-hydrogen) atoms. The largest absolute Gasteiger partial charge is 0.493 e. The van der Waals surface area contributed by atoms with Gasteiger partial charge in [0.05, 0.1) is 7.11 Å². The topological polar surface area (TPSA) is 113 Å². The van der Waals surface area contributed by atoms with Gasteiger partial charge < -0.3 is 24.3 Å². The van der Waals surface area contributed by atoms with Crippen molar-refractivity contribution in [2.24, 2.45) is 0 Å². The zero-order valence-electron chi connectivity index (χ0n) is 20.9. The number of nitrogens with one attached hydrogen (secondary N) is 1. The Morgan fingerprint density at radius 3 is 2.05 bits per heavy atom. The Hall–Kier alpha value is -4.54. The maximum Gasteiger partial charge on any atom is 0.325 e. The Bertz CT molecular complexity index is 1220. The molecule has 0 aliphatic rings. The molecule has 0 spiro atoms. The predicted octanol–water partition coefficient (Wildman–Crippen LogP) is 3.76. The summed E-state index contributed by atoms with van der Waals surface area (Å²) in [5.74, 6) is -3.42. The van der Waals surface area contributed by atoms with Crippen molar-refractivity contribution >= 4 is 17.8 Å². The lowest BCUT2D eigenvalue weighted by Gasteiger charge is -2.25. The van der Waals surface area contributed by atoms with Crippen molar-refractivity contribution in [2.45, 2.75) is 25.9 Å². The number of hydrogen-bond acceptors (Lipinski definition) is 8. The van der Waals surface area contributed by atoms with Gasteiger partial charge in [-0.05, 0) is 42.3 Å². The maximum atomic E-state index is 13.5. The molecule has 1 heterocycles. The number of rotatable bonds is 11. The van der Waals surface area contributed by atoms with Gasteiger partial charge in [-0.2, -0.15) is 0 Å². The van der Waals surface area contributed by atoms with Gasteiger partial charge in [-0.1, -0.05) is 24.3 Å². The number of benzene rings is 2. The molecule has 3 rings (SSSR count). The first-order chi connectivity index (χ1) is 18.2. The van der Waals surface area contributed by atoms with Crippen molar-refractivity contribution in [1.82, 2.24) is 10.3 Å². The number of amides is 1. The standard InChI is InChI=1S/C27H26F2N2O7/c1-16(24(18-4-8-20(28)9-5-18)19-6-10-21(29)11-7-19)38-23(33)14-31-27(34)25-26(37-15-36-17(2)32)22(35-3)12-13-30-25/h4-13,16,24H,14-15H2,1-3H3,(H,31,34)/t16-/m0/s1. The summed E-state index contributed by atoms with van der Waals surface area (Å²) in [5.41, 5.74) is 1.10. The Morgan fingerprint density at radius 1 is 0.947 bits per heavy atom. The second-order valence-corrected chi connectivity index (χ2v) is 8.05. The van der Waals surface area contributed by atoms with E-state index in [9.17, 15) is 23.2 Å². The van der Waals surface area contributed by atoms with Gasteiger partial charge >= 0.3 is 11.9 Å². The second kappa shape index (κ2) is 13.1. The summed E-state index contributed by atoms with van der Waals surface area (Å²) in [5, 5.41) is 2.41. The van der Waals surface area contributed by atoms with E-state index in [1.54, 1.807) is 31.2 Å². The normalized spacial score (nSPS) is 11.4. The zero-order valence-corrected chi connectivity index (χ0v) is 20.9. The van der Waals surface area contributed by atoms with Gasteiger partial charge in [0, 0.05) is 25.1 Å². The lowest BCUT2D eigenvalue weighted by Crippen LogP contribution is -2.34. The molecular formula is C27H26F2N2O7. The summed E-state index contributed by atoms with van der Waals surface area (Å²) in [6.07, 6.45) is 0.552. The highest BCUT2D eigenvalue weighted by Crippen LogP contribution is 2.31. The van der Waals surface area contributed by atoms with Crippen LogP contribution in [0.3, 0.4) is 0 Å². The van der Waals surface area contributed by atoms with Crippen LogP contribution in [0.15, 0.2) is 60.8 Å². The number of halogens is 2. The molecule has 1 atom stereocenters. The van der Waals surface area contributed by atoms with E-state index in [2.05, 4.69) is 10.3 Å². The van der Waals surface area contributed by atoms with Crippen LogP contribution in [-0.4, -0.2) is 49.4 Å². The molecule has 0 aliphatic heterocycles. The van der Waals surface area contributed by atoms with Gasteiger partial charge in [0.25, 0.3) is 5.91 Å². The van der Waals surface area contributed by atoms with E-state index in [0.717, 1.165) is 0 Å². The van der Waals surface area contributed by atoms with E-state index in [0.29, 0.717) is 11.1 Å². The average molecular weight is 529 g/mol. The van der Waals surface area contributed by atoms with Crippen molar-refractivity contribution in [2.75, 3.05) is 20.4 Å². The number of nitrogens with zero attached hydrogens (tertiary/aromatic N) is 1. The highest BCUT2D eigenvalue weighted by molar-refractivity contribution is 5.97. The third-order valence-corrected chi connectivity index (χ3v) is 5.41. The van der Waals surface area contributed by atoms with Gasteiger partial charge in [0.2, 0.25) is 6.79 Å². The lowest BCUT2D eigenvalue weighted by molar-refractivity contribution is -0.148. The summed E-state index contributed by atoms with van der Waals surface area (Å²) in [6.45, 7) is 1.85. The Labute approximate surface area is 217 Å². The molecule has 0 radical (unpaired) electrons. The third-order valence-electron chi connectivity index (χ3n) is 5.41. The van der Waals surface area contributed by atoms with Crippen LogP contribution in [0.4, 0.5) is 8.78 Å². The third kappa shape index (κ3) is 7.48. The molecule has 1 aromatic heterocycles. The van der Waals surface area contributed by atoms with Gasteiger partial charge in [0.15, 0.2) is 17.2 Å². The van der Waals surface area contributed by atoms with Gasteiger partial charge in [-0.3, -0.25) is 14.4 Å². The molecule has 0 saturated heterocycles. The van der Waals surface area contributed by atoms with Gasteiger partial charge in [-0.15, -0.1) is 0 Å². The van der Waals surface area contributed by atoms with E-state index >= 15 is 0 Å². The van der Waals surface area contributed by atoms with Crippen molar-refractivity contribution in [3.8, 4) is 11.5 Å². The number of methoxy groups -OCH3 is 1. The molecule has 0 saturated carbocycles. The molecule has 0 unspecified atom stereocenters. The molecule has 200 valence electrons. The minimum atomic E-state index is -0.764. The molecule has 1 amide bonds. The van der Waals surface area contributed by atoms with Crippen LogP contribution in [-0.2, 0) is 19.1 Å². The minimum absolute atomic E-state index is 0.0804. The quantitative estimate of drug-likeness (QED) is 0.296. The number of aromatic nitrogens is 1. The molecule has 9 nitrogen and oxygen atoms in total. The van der Waals surface area contributed by atoms with Crippen LogP contribution < -0.4 is 14.8 Å². The summed E-state index contributed by atoms with van der Waals surface area (Å²) in [4.78, 5) is 40.4. The molecule has 11 heteroatoms. The van der Waals surface area contributed by atoms with E-state index in [4.69, 9.17) is 18.9 Å². The number of esters is 2. The summed E-state index contributed by atoms with van der Waals surface area (Å²) < 4.78 is 47.8. The van der Waals surface area contributed by atoms with Crippen molar-refractivity contribution in [3.63, 3.8) is 0 Å². The number of hydrogen-bond donors (Lipinski definition) is 1. The van der Waals surface area contributed by atoms with E-state index in [-0.39, 0.29) is 17.2 Å². The van der Waals surface area contributed by atoms with Crippen molar-refractivity contribution < 1.29 is 42.1 Å². The van der Waals surface area contributed by atoms with Crippen LogP contribution >= 0.6 is 0 Å². The second-order valence-electron chi connectivity index (χ2n) is 8.05. The SMILES string of the molecule is COc1ccnc(C(=O)NCC(=O)O[C@@H](C)C(c2ccc(F)cc2)c2ccc(F)cc2)c1OCOC(C)=O. The Morgan fingerprint density at radius 2 is 1.53 bits per heavy atom. The summed E-state index contributed by atoms with van der Waals surface area (Å²) >= 11 is 0. The predicted molar refractivity (Wildman–Crippen MR) is 131 cm³/mol. The Balaban J connectivity index is 1.70. The highest BCUT2D eigenvalue weighted by Gasteiger charge is 2.26. The minimum Gasteiger partial charge on any atom is -0.493 e. The number of ether oxygens (including phenoxy) is 4. The molecule has 0 bridgehead atoms. The van der Waals surface area contributed by atoms with Gasteiger partial charge in [0.1, 0.15) is 24.3 Å². The number of carbonyl (C=O) groups is 3. The van der Waals surface area contributed by atoms with Crippen molar-refractivity contribution in [3.05, 3.63) is 89.2 Å². The molecule has 0 aliphatic carbocycles. The molecular weight excluding hydrogens is 502 g/mol. The number of pyridine rings is 1. The van der Waals surface area contributed by atoms with Crippen LogP contribution in [0.5, 0.6) is 11.5 Å². The molecule has 1 N–H and O–H groups in total. The molecule has 2 aromatic carbocycles. The fourth-order valence-corrected chi connectivity index (χ4v) is 3.69. The van der Waals surface area contributed by atoms with Crippen molar-refractivity contribution in [1.29, 1.82) is 0 Å².